The summed E-state index contributed by atoms with van der Waals surface area (Å²) in [6.45, 7) is 4.44. The summed E-state index contributed by atoms with van der Waals surface area (Å²) in [4.78, 5) is 39.2. The van der Waals surface area contributed by atoms with E-state index in [9.17, 15) is 40.7 Å². The molecule has 0 aromatic heterocycles. The molecule has 39 heavy (non-hydrogen) atoms. The van der Waals surface area contributed by atoms with Crippen molar-refractivity contribution in [1.29, 1.82) is 0 Å². The van der Waals surface area contributed by atoms with Crippen molar-refractivity contribution >= 4 is 24.8 Å². The van der Waals surface area contributed by atoms with Crippen LogP contribution in [0.1, 0.15) is 52.9 Å². The van der Waals surface area contributed by atoms with Gasteiger partial charge >= 0.3 is 31.3 Å². The number of alkyl halides is 6. The van der Waals surface area contributed by atoms with Crippen LogP contribution in [-0.2, 0) is 23.7 Å². The van der Waals surface area contributed by atoms with Gasteiger partial charge in [0.1, 0.15) is 6.54 Å². The Labute approximate surface area is 222 Å². The second kappa shape index (κ2) is 9.25. The van der Waals surface area contributed by atoms with Gasteiger partial charge in [-0.1, -0.05) is 13.8 Å². The van der Waals surface area contributed by atoms with Gasteiger partial charge in [0.25, 0.3) is 0 Å². The Morgan fingerprint density at radius 2 is 1.69 bits per heavy atom. The van der Waals surface area contributed by atoms with Crippen molar-refractivity contribution in [3.63, 3.8) is 0 Å². The topological polar surface area (TPSA) is 79.4 Å². The van der Waals surface area contributed by atoms with E-state index in [0.717, 1.165) is 12.8 Å². The third kappa shape index (κ3) is 4.70. The molecule has 6 rings (SSSR count). The Hall–Kier alpha value is -2.03. The zero-order chi connectivity index (χ0) is 28.7. The first kappa shape index (κ1) is 28.5. The van der Waals surface area contributed by atoms with Crippen LogP contribution in [0.2, 0.25) is 0 Å². The quantitative estimate of drug-likeness (QED) is 0.386. The standard InChI is InChI=1S/C24H32BF6N3O5/c1-21(2)13-9-15(21)22(3)16(10-13)38-25(39-22)17-5-4-7-33(17)18(35)12-34(20(37)24(29,30)31)14-6-8-32(11-14)19(36)23(26,27)28/h13-17H,4-12H2,1-3H3/t13-,14+,15-,16+,17-,22-/m0/s1. The van der Waals surface area contributed by atoms with E-state index < -0.39 is 74.4 Å². The van der Waals surface area contributed by atoms with Crippen molar-refractivity contribution in [2.24, 2.45) is 17.3 Å². The molecule has 6 atom stereocenters. The highest BCUT2D eigenvalue weighted by molar-refractivity contribution is 6.48. The van der Waals surface area contributed by atoms with E-state index in [4.69, 9.17) is 9.31 Å². The molecule has 3 aliphatic carbocycles. The summed E-state index contributed by atoms with van der Waals surface area (Å²) < 4.78 is 91.6. The van der Waals surface area contributed by atoms with Crippen LogP contribution in [0.3, 0.4) is 0 Å². The average molecular weight is 567 g/mol. The minimum absolute atomic E-state index is 0.0931. The SMILES string of the molecule is CC1(C)[C@@H]2C[C@H]3OB([C@@H]4CCCN4C(=O)CN(C(=O)C(F)(F)F)[C@@H]4CCN(C(=O)C(F)(F)F)C4)O[C@@]3(C)[C@H]1C2. The van der Waals surface area contributed by atoms with E-state index in [-0.39, 0.29) is 35.3 Å². The number of halogens is 6. The van der Waals surface area contributed by atoms with Gasteiger partial charge in [-0.3, -0.25) is 14.4 Å². The molecule has 6 aliphatic rings. The lowest BCUT2D eigenvalue weighted by molar-refractivity contribution is -0.199. The Kier molecular flexibility index (Phi) is 6.76. The fourth-order valence-electron chi connectivity index (χ4n) is 7.57. The van der Waals surface area contributed by atoms with Crippen LogP contribution in [-0.4, -0.2) is 102 Å². The molecule has 0 aromatic rings. The number of hydrogen-bond acceptors (Lipinski definition) is 5. The van der Waals surface area contributed by atoms with Crippen molar-refractivity contribution in [3.05, 3.63) is 0 Å². The maximum Gasteiger partial charge on any atom is 0.481 e. The number of rotatable bonds is 4. The van der Waals surface area contributed by atoms with Crippen LogP contribution >= 0.6 is 0 Å². The van der Waals surface area contributed by atoms with E-state index >= 15 is 0 Å². The molecule has 2 bridgehead atoms. The van der Waals surface area contributed by atoms with Gasteiger partial charge in [-0.25, -0.2) is 0 Å². The summed E-state index contributed by atoms with van der Waals surface area (Å²) >= 11 is 0. The average Bonchev–Trinajstić information content (AvgIpc) is 3.57. The van der Waals surface area contributed by atoms with Crippen molar-refractivity contribution in [2.75, 3.05) is 26.2 Å². The van der Waals surface area contributed by atoms with Crippen LogP contribution in [0.5, 0.6) is 0 Å². The smallest absolute Gasteiger partial charge is 0.404 e. The lowest BCUT2D eigenvalue weighted by Gasteiger charge is -2.64. The van der Waals surface area contributed by atoms with Gasteiger partial charge in [0, 0.05) is 19.6 Å². The van der Waals surface area contributed by atoms with Crippen LogP contribution in [0, 0.1) is 17.3 Å². The van der Waals surface area contributed by atoms with Crippen LogP contribution in [0.25, 0.3) is 0 Å². The first-order valence-corrected chi connectivity index (χ1v) is 13.3. The molecule has 0 radical (unpaired) electrons. The number of nitrogens with zero attached hydrogens (tertiary/aromatic N) is 3. The van der Waals surface area contributed by atoms with Gasteiger partial charge in [0.05, 0.1) is 23.7 Å². The number of amides is 3. The lowest BCUT2D eigenvalue weighted by Crippen LogP contribution is -2.65. The minimum Gasteiger partial charge on any atom is -0.404 e. The fourth-order valence-corrected chi connectivity index (χ4v) is 7.57. The molecule has 6 fully saturated rings. The van der Waals surface area contributed by atoms with E-state index in [2.05, 4.69) is 13.8 Å². The molecular formula is C24H32BF6N3O5. The zero-order valence-corrected chi connectivity index (χ0v) is 22.0. The molecule has 3 aliphatic heterocycles. The predicted octanol–water partition coefficient (Wildman–Crippen LogP) is 2.80. The number of carbonyl (C=O) groups is 3. The largest absolute Gasteiger partial charge is 0.481 e. The minimum atomic E-state index is -5.35. The van der Waals surface area contributed by atoms with Crippen molar-refractivity contribution in [1.82, 2.24) is 14.7 Å². The summed E-state index contributed by atoms with van der Waals surface area (Å²) in [7, 11) is -0.764. The molecule has 8 nitrogen and oxygen atoms in total. The predicted molar refractivity (Wildman–Crippen MR) is 124 cm³/mol. The van der Waals surface area contributed by atoms with Crippen LogP contribution < -0.4 is 0 Å². The fraction of sp³-hybridized carbons (Fsp3) is 0.875. The lowest BCUT2D eigenvalue weighted by atomic mass is 9.43. The molecule has 3 saturated heterocycles. The summed E-state index contributed by atoms with van der Waals surface area (Å²) in [5, 5.41) is 0. The van der Waals surface area contributed by atoms with E-state index in [0.29, 0.717) is 23.7 Å². The molecule has 15 heteroatoms. The highest BCUT2D eigenvalue weighted by Gasteiger charge is 2.69. The number of likely N-dealkylation sites (tertiary alicyclic amines) is 2. The summed E-state index contributed by atoms with van der Waals surface area (Å²) in [5.74, 6) is -5.08. The van der Waals surface area contributed by atoms with E-state index in [1.807, 2.05) is 6.92 Å². The summed E-state index contributed by atoms with van der Waals surface area (Å²) in [6, 6.07) is -1.38. The van der Waals surface area contributed by atoms with Gasteiger partial charge in [-0.2, -0.15) is 26.3 Å². The number of carbonyl (C=O) groups excluding carboxylic acids is 3. The third-order valence-electron chi connectivity index (χ3n) is 9.85. The Morgan fingerprint density at radius 1 is 1.00 bits per heavy atom. The zero-order valence-electron chi connectivity index (χ0n) is 22.0. The van der Waals surface area contributed by atoms with Gasteiger partial charge in [-0.05, 0) is 56.3 Å². The molecule has 0 unspecified atom stereocenters. The Bertz CT molecular complexity index is 1040. The number of hydrogen-bond donors (Lipinski definition) is 0. The van der Waals surface area contributed by atoms with Crippen molar-refractivity contribution in [3.8, 4) is 0 Å². The van der Waals surface area contributed by atoms with Gasteiger partial charge in [0.2, 0.25) is 5.91 Å². The molecule has 0 aromatic carbocycles. The van der Waals surface area contributed by atoms with E-state index in [1.165, 1.54) is 4.90 Å². The second-order valence-electron chi connectivity index (χ2n) is 12.3. The Balaban J connectivity index is 1.29. The summed E-state index contributed by atoms with van der Waals surface area (Å²) in [5.41, 5.74) is -0.452. The Morgan fingerprint density at radius 3 is 2.31 bits per heavy atom. The van der Waals surface area contributed by atoms with E-state index in [1.54, 1.807) is 0 Å². The normalized spacial score (nSPS) is 35.6. The summed E-state index contributed by atoms with van der Waals surface area (Å²) in [6.07, 6.45) is -8.11. The van der Waals surface area contributed by atoms with Gasteiger partial charge in [0.15, 0.2) is 0 Å². The molecule has 3 heterocycles. The monoisotopic (exact) mass is 567 g/mol. The molecule has 3 amide bonds. The highest BCUT2D eigenvalue weighted by Crippen LogP contribution is 2.66. The second-order valence-corrected chi connectivity index (χ2v) is 12.3. The van der Waals surface area contributed by atoms with Crippen molar-refractivity contribution < 1.29 is 50.0 Å². The third-order valence-corrected chi connectivity index (χ3v) is 9.85. The van der Waals surface area contributed by atoms with Gasteiger partial charge in [-0.15, -0.1) is 0 Å². The van der Waals surface area contributed by atoms with Crippen LogP contribution in [0.15, 0.2) is 0 Å². The maximum atomic E-state index is 13.4. The van der Waals surface area contributed by atoms with Crippen LogP contribution in [0.4, 0.5) is 26.3 Å². The van der Waals surface area contributed by atoms with Gasteiger partial charge < -0.3 is 24.0 Å². The first-order valence-electron chi connectivity index (χ1n) is 13.3. The first-order chi connectivity index (χ1) is 17.9. The molecule has 218 valence electrons. The molecule has 3 saturated carbocycles. The molecule has 0 spiro atoms. The maximum absolute atomic E-state index is 13.4. The molecular weight excluding hydrogens is 535 g/mol. The highest BCUT2D eigenvalue weighted by atomic mass is 19.4. The molecule has 0 N–H and O–H groups in total. The van der Waals surface area contributed by atoms with Crippen molar-refractivity contribution in [2.45, 2.75) is 88.9 Å².